The van der Waals surface area contributed by atoms with Crippen molar-refractivity contribution in [2.75, 3.05) is 4.90 Å². The zero-order chi connectivity index (χ0) is 22.8. The minimum Gasteiger partial charge on any atom is -0.354 e. The van der Waals surface area contributed by atoms with E-state index in [-0.39, 0.29) is 29.8 Å². The van der Waals surface area contributed by atoms with E-state index in [4.69, 9.17) is 11.6 Å². The quantitative estimate of drug-likeness (QED) is 0.680. The van der Waals surface area contributed by atoms with Gasteiger partial charge >= 0.3 is 0 Å². The molecular formula is C25H29ClN4O2. The number of anilines is 1. The summed E-state index contributed by atoms with van der Waals surface area (Å²) in [4.78, 5) is 36.2. The lowest BCUT2D eigenvalue weighted by Gasteiger charge is -2.36. The fraction of sp³-hybridized carbons (Fsp3) is 0.440. The average molecular weight is 453 g/mol. The molecule has 1 fully saturated rings. The zero-order valence-electron chi connectivity index (χ0n) is 18.8. The predicted molar refractivity (Wildman–Crippen MR) is 127 cm³/mol. The number of carbonyl (C=O) groups excluding carboxylic acids is 2. The Hall–Kier alpha value is -2.73. The van der Waals surface area contributed by atoms with Crippen LogP contribution in [0.15, 0.2) is 41.5 Å². The summed E-state index contributed by atoms with van der Waals surface area (Å²) in [7, 11) is 0. The molecule has 32 heavy (non-hydrogen) atoms. The van der Waals surface area contributed by atoms with E-state index in [1.807, 2.05) is 51.1 Å². The van der Waals surface area contributed by atoms with Gasteiger partial charge in [0.25, 0.3) is 5.91 Å². The van der Waals surface area contributed by atoms with Crippen LogP contribution in [-0.4, -0.2) is 34.7 Å². The van der Waals surface area contributed by atoms with Gasteiger partial charge in [-0.25, -0.2) is 4.98 Å². The van der Waals surface area contributed by atoms with Gasteiger partial charge in [0, 0.05) is 41.7 Å². The smallest absolute Gasteiger partial charge is 0.278 e. The number of aliphatic imine (C=N–C) groups is 1. The summed E-state index contributed by atoms with van der Waals surface area (Å²) in [6.07, 6.45) is 5.65. The summed E-state index contributed by atoms with van der Waals surface area (Å²) in [6.45, 7) is 5.95. The molecule has 2 aromatic rings. The summed E-state index contributed by atoms with van der Waals surface area (Å²) >= 11 is 6.21. The van der Waals surface area contributed by atoms with Crippen LogP contribution in [0.2, 0.25) is 5.15 Å². The van der Waals surface area contributed by atoms with E-state index in [0.29, 0.717) is 17.1 Å². The number of pyridine rings is 1. The molecule has 0 atom stereocenters. The molecule has 0 bridgehead atoms. The Bertz CT molecular complexity index is 1040. The van der Waals surface area contributed by atoms with Crippen LogP contribution in [0, 0.1) is 12.8 Å². The maximum absolute atomic E-state index is 12.9. The number of hydrogen-bond acceptors (Lipinski definition) is 3. The molecule has 1 saturated carbocycles. The molecule has 1 aromatic heterocycles. The number of nitrogens with one attached hydrogen (secondary N) is 1. The minimum atomic E-state index is -0.248. The number of fused-ring (bicyclic) bond motifs is 1. The highest BCUT2D eigenvalue weighted by Crippen LogP contribution is 2.38. The Morgan fingerprint density at radius 3 is 2.50 bits per heavy atom. The Morgan fingerprint density at radius 2 is 1.84 bits per heavy atom. The van der Waals surface area contributed by atoms with Crippen molar-refractivity contribution in [2.24, 2.45) is 10.9 Å². The summed E-state index contributed by atoms with van der Waals surface area (Å²) < 4.78 is 0. The fourth-order valence-electron chi connectivity index (χ4n) is 4.58. The summed E-state index contributed by atoms with van der Waals surface area (Å²) in [6, 6.07) is 9.63. The number of rotatable bonds is 4. The number of carbonyl (C=O) groups is 2. The van der Waals surface area contributed by atoms with E-state index in [0.717, 1.165) is 48.3 Å². The van der Waals surface area contributed by atoms with Gasteiger partial charge in [-0.05, 0) is 64.7 Å². The van der Waals surface area contributed by atoms with Crippen LogP contribution in [0.4, 0.5) is 5.69 Å². The lowest BCUT2D eigenvalue weighted by atomic mass is 9.84. The van der Waals surface area contributed by atoms with Crippen molar-refractivity contribution < 1.29 is 9.59 Å². The first kappa shape index (κ1) is 22.5. The molecule has 2 amide bonds. The molecule has 0 radical (unpaired) electrons. The number of halogens is 1. The third-order valence-corrected chi connectivity index (χ3v) is 6.41. The summed E-state index contributed by atoms with van der Waals surface area (Å²) in [5, 5.41) is 3.45. The van der Waals surface area contributed by atoms with E-state index in [2.05, 4.69) is 20.2 Å². The van der Waals surface area contributed by atoms with Crippen LogP contribution < -0.4 is 10.2 Å². The molecular weight excluding hydrogens is 424 g/mol. The average Bonchev–Trinajstić information content (AvgIpc) is 3.10. The normalized spacial score (nSPS) is 21.7. The van der Waals surface area contributed by atoms with Crippen LogP contribution in [0.3, 0.4) is 0 Å². The molecule has 1 aliphatic carbocycles. The molecule has 4 rings (SSSR count). The van der Waals surface area contributed by atoms with Crippen molar-refractivity contribution in [3.63, 3.8) is 0 Å². The van der Waals surface area contributed by atoms with Gasteiger partial charge in [0.1, 0.15) is 11.0 Å². The van der Waals surface area contributed by atoms with Crippen LogP contribution in [0.1, 0.15) is 61.0 Å². The first-order chi connectivity index (χ1) is 15.3. The van der Waals surface area contributed by atoms with Gasteiger partial charge in [-0.1, -0.05) is 29.3 Å². The zero-order valence-corrected chi connectivity index (χ0v) is 19.5. The molecule has 7 heteroatoms. The Morgan fingerprint density at radius 1 is 1.16 bits per heavy atom. The van der Waals surface area contributed by atoms with Crippen molar-refractivity contribution in [3.05, 3.63) is 58.4 Å². The molecule has 1 aliphatic heterocycles. The standard InChI is InChI=1S/C25H29ClN4O2/c1-15(2)28-24(31)18-8-10-20(11-9-18)30-21-13-22(26)27-14-19(21)12-23(30)29-25(32)17-6-4-16(3)5-7-17/h4-7,13-15,18,20H,8-12H2,1-3H3,(H,28,31). The van der Waals surface area contributed by atoms with Gasteiger partial charge < -0.3 is 10.2 Å². The van der Waals surface area contributed by atoms with Gasteiger partial charge in [0.05, 0.1) is 5.69 Å². The van der Waals surface area contributed by atoms with Crippen LogP contribution in [-0.2, 0) is 11.2 Å². The van der Waals surface area contributed by atoms with Gasteiger partial charge in [0.15, 0.2) is 0 Å². The highest BCUT2D eigenvalue weighted by Gasteiger charge is 2.36. The number of amidine groups is 1. The molecule has 1 N–H and O–H groups in total. The topological polar surface area (TPSA) is 74.7 Å². The number of aromatic nitrogens is 1. The van der Waals surface area contributed by atoms with E-state index in [9.17, 15) is 9.59 Å². The lowest BCUT2D eigenvalue weighted by Crippen LogP contribution is -2.44. The van der Waals surface area contributed by atoms with Gasteiger partial charge in [-0.2, -0.15) is 4.99 Å². The predicted octanol–water partition coefficient (Wildman–Crippen LogP) is 4.73. The van der Waals surface area contributed by atoms with Crippen LogP contribution in [0.25, 0.3) is 0 Å². The molecule has 6 nitrogen and oxygen atoms in total. The molecule has 2 heterocycles. The highest BCUT2D eigenvalue weighted by molar-refractivity contribution is 6.30. The fourth-order valence-corrected chi connectivity index (χ4v) is 4.73. The first-order valence-corrected chi connectivity index (χ1v) is 11.6. The number of nitrogens with zero attached hydrogens (tertiary/aromatic N) is 3. The summed E-state index contributed by atoms with van der Waals surface area (Å²) in [5.41, 5.74) is 3.66. The lowest BCUT2D eigenvalue weighted by molar-refractivity contribution is -0.126. The van der Waals surface area contributed by atoms with E-state index >= 15 is 0 Å². The maximum Gasteiger partial charge on any atom is 0.278 e. The molecule has 2 aliphatic rings. The van der Waals surface area contributed by atoms with Crippen molar-refractivity contribution >= 4 is 34.9 Å². The number of benzene rings is 1. The third-order valence-electron chi connectivity index (χ3n) is 6.21. The second-order valence-corrected chi connectivity index (χ2v) is 9.44. The molecule has 0 saturated heterocycles. The van der Waals surface area contributed by atoms with Crippen LogP contribution >= 0.6 is 11.6 Å². The Kier molecular flexibility index (Phi) is 6.60. The molecule has 1 aromatic carbocycles. The first-order valence-electron chi connectivity index (χ1n) is 11.2. The van der Waals surface area contributed by atoms with E-state index in [1.54, 1.807) is 6.20 Å². The van der Waals surface area contributed by atoms with Gasteiger partial charge in [-0.3, -0.25) is 9.59 Å². The highest BCUT2D eigenvalue weighted by atomic mass is 35.5. The number of aryl methyl sites for hydroxylation is 1. The molecule has 0 spiro atoms. The minimum absolute atomic E-state index is 0.0336. The second-order valence-electron chi connectivity index (χ2n) is 9.05. The van der Waals surface area contributed by atoms with Gasteiger partial charge in [0.2, 0.25) is 5.91 Å². The largest absolute Gasteiger partial charge is 0.354 e. The van der Waals surface area contributed by atoms with E-state index in [1.165, 1.54) is 0 Å². The van der Waals surface area contributed by atoms with Crippen LogP contribution in [0.5, 0.6) is 0 Å². The SMILES string of the molecule is Cc1ccc(C(=O)N=C2Cc3cnc(Cl)cc3N2C2CCC(C(=O)NC(C)C)CC2)cc1. The van der Waals surface area contributed by atoms with Crippen molar-refractivity contribution in [1.82, 2.24) is 10.3 Å². The maximum atomic E-state index is 12.9. The third kappa shape index (κ3) is 4.85. The Labute approximate surface area is 194 Å². The monoisotopic (exact) mass is 452 g/mol. The Balaban J connectivity index is 1.57. The number of hydrogen-bond donors (Lipinski definition) is 1. The summed E-state index contributed by atoms with van der Waals surface area (Å²) in [5.74, 6) is 0.647. The second kappa shape index (κ2) is 9.41. The van der Waals surface area contributed by atoms with Crippen molar-refractivity contribution in [3.8, 4) is 0 Å². The van der Waals surface area contributed by atoms with Crippen molar-refractivity contribution in [1.29, 1.82) is 0 Å². The van der Waals surface area contributed by atoms with E-state index < -0.39 is 0 Å². The number of amides is 2. The van der Waals surface area contributed by atoms with Crippen molar-refractivity contribution in [2.45, 2.75) is 65.0 Å². The van der Waals surface area contributed by atoms with Gasteiger partial charge in [-0.15, -0.1) is 0 Å². The molecule has 168 valence electrons. The molecule has 0 unspecified atom stereocenters.